The molecular formula is C20H22FN3O3S. The van der Waals surface area contributed by atoms with Crippen LogP contribution in [0.4, 0.5) is 4.39 Å². The average molecular weight is 403 g/mol. The highest BCUT2D eigenvalue weighted by Crippen LogP contribution is 2.30. The molecule has 148 valence electrons. The largest absolute Gasteiger partial charge is 0.451 e. The molecule has 6 nitrogen and oxygen atoms in total. The number of esters is 1. The van der Waals surface area contributed by atoms with E-state index in [4.69, 9.17) is 4.74 Å². The summed E-state index contributed by atoms with van der Waals surface area (Å²) in [5.74, 6) is -0.924. The molecule has 1 aromatic carbocycles. The van der Waals surface area contributed by atoms with Gasteiger partial charge in [-0.15, -0.1) is 11.3 Å². The molecule has 0 aliphatic carbocycles. The third-order valence-corrected chi connectivity index (χ3v) is 5.63. The van der Waals surface area contributed by atoms with E-state index in [1.54, 1.807) is 22.9 Å². The van der Waals surface area contributed by atoms with Gasteiger partial charge in [0.2, 0.25) is 0 Å². The summed E-state index contributed by atoms with van der Waals surface area (Å²) in [5, 5.41) is 8.08. The van der Waals surface area contributed by atoms with Crippen molar-refractivity contribution in [1.29, 1.82) is 0 Å². The van der Waals surface area contributed by atoms with Gasteiger partial charge in [-0.3, -0.25) is 4.79 Å². The Morgan fingerprint density at radius 1 is 1.25 bits per heavy atom. The highest BCUT2D eigenvalue weighted by molar-refractivity contribution is 7.20. The molecule has 3 aromatic rings. The van der Waals surface area contributed by atoms with Crippen LogP contribution in [0.1, 0.15) is 36.1 Å². The van der Waals surface area contributed by atoms with Gasteiger partial charge in [-0.2, -0.15) is 5.10 Å². The van der Waals surface area contributed by atoms with Crippen LogP contribution in [0.15, 0.2) is 30.3 Å². The third kappa shape index (κ3) is 4.22. The standard InChI is InChI=1S/C20H22FN3O3S/c1-11(2)12(3)22-18(25)10-27-20(26)17-9-16-13(4)23-24(19(16)28-17)15-7-5-14(21)6-8-15/h5-9,11-12H,10H2,1-4H3,(H,22,25)/t12-/m0/s1. The fourth-order valence-corrected chi connectivity index (χ4v) is 3.65. The number of nitrogens with one attached hydrogen (secondary N) is 1. The number of hydrogen-bond donors (Lipinski definition) is 1. The maximum Gasteiger partial charge on any atom is 0.348 e. The second kappa shape index (κ2) is 8.10. The minimum Gasteiger partial charge on any atom is -0.451 e. The molecule has 0 unspecified atom stereocenters. The molecule has 0 aliphatic heterocycles. The van der Waals surface area contributed by atoms with Gasteiger partial charge in [-0.1, -0.05) is 13.8 Å². The summed E-state index contributed by atoms with van der Waals surface area (Å²) < 4.78 is 20.0. The number of aromatic nitrogens is 2. The maximum atomic E-state index is 13.2. The monoisotopic (exact) mass is 403 g/mol. The molecule has 1 N–H and O–H groups in total. The number of aryl methyl sites for hydroxylation is 1. The lowest BCUT2D eigenvalue weighted by Crippen LogP contribution is -2.38. The number of halogens is 1. The molecule has 2 aromatic heterocycles. The molecule has 0 bridgehead atoms. The third-order valence-electron chi connectivity index (χ3n) is 4.54. The Morgan fingerprint density at radius 3 is 2.57 bits per heavy atom. The zero-order valence-electron chi connectivity index (χ0n) is 16.2. The van der Waals surface area contributed by atoms with Gasteiger partial charge in [0, 0.05) is 11.4 Å². The van der Waals surface area contributed by atoms with Crippen LogP contribution in [0.5, 0.6) is 0 Å². The molecule has 0 fully saturated rings. The van der Waals surface area contributed by atoms with Gasteiger partial charge in [0.15, 0.2) is 6.61 Å². The van der Waals surface area contributed by atoms with Crippen LogP contribution in [0, 0.1) is 18.7 Å². The first-order valence-corrected chi connectivity index (χ1v) is 9.79. The normalized spacial score (nSPS) is 12.4. The highest BCUT2D eigenvalue weighted by Gasteiger charge is 2.19. The first-order valence-electron chi connectivity index (χ1n) is 8.98. The number of rotatable bonds is 6. The Bertz CT molecular complexity index is 1010. The number of hydrogen-bond acceptors (Lipinski definition) is 5. The van der Waals surface area contributed by atoms with Crippen LogP contribution in [0.2, 0.25) is 0 Å². The molecule has 8 heteroatoms. The van der Waals surface area contributed by atoms with Crippen LogP contribution in [-0.4, -0.2) is 34.3 Å². The molecule has 0 saturated heterocycles. The smallest absolute Gasteiger partial charge is 0.348 e. The summed E-state index contributed by atoms with van der Waals surface area (Å²) in [6.07, 6.45) is 0. The minimum atomic E-state index is -0.557. The van der Waals surface area contributed by atoms with Crippen molar-refractivity contribution in [2.24, 2.45) is 5.92 Å². The van der Waals surface area contributed by atoms with E-state index in [9.17, 15) is 14.0 Å². The Labute approximate surface area is 166 Å². The number of benzene rings is 1. The molecule has 0 saturated carbocycles. The van der Waals surface area contributed by atoms with Crippen LogP contribution in [0.3, 0.4) is 0 Å². The number of carbonyl (C=O) groups excluding carboxylic acids is 2. The van der Waals surface area contributed by atoms with Gasteiger partial charge >= 0.3 is 5.97 Å². The maximum absolute atomic E-state index is 13.2. The predicted octanol–water partition coefficient (Wildman–Crippen LogP) is 3.85. The van der Waals surface area contributed by atoms with Gasteiger partial charge in [-0.05, 0) is 50.1 Å². The SMILES string of the molecule is Cc1nn(-c2ccc(F)cc2)c2sc(C(=O)OCC(=O)N[C@@H](C)C(C)C)cc12. The molecule has 2 heterocycles. The predicted molar refractivity (Wildman–Crippen MR) is 106 cm³/mol. The van der Waals surface area contributed by atoms with Crippen LogP contribution >= 0.6 is 11.3 Å². The topological polar surface area (TPSA) is 73.2 Å². The van der Waals surface area contributed by atoms with Crippen molar-refractivity contribution >= 4 is 33.4 Å². The van der Waals surface area contributed by atoms with Gasteiger partial charge in [0.1, 0.15) is 15.5 Å². The molecule has 1 amide bonds. The van der Waals surface area contributed by atoms with E-state index in [0.717, 1.165) is 15.9 Å². The van der Waals surface area contributed by atoms with Crippen molar-refractivity contribution in [2.45, 2.75) is 33.7 Å². The lowest BCUT2D eigenvalue weighted by atomic mass is 10.1. The zero-order valence-corrected chi connectivity index (χ0v) is 17.0. The highest BCUT2D eigenvalue weighted by atomic mass is 32.1. The molecule has 1 atom stereocenters. The lowest BCUT2D eigenvalue weighted by molar-refractivity contribution is -0.125. The van der Waals surface area contributed by atoms with Crippen molar-refractivity contribution in [3.8, 4) is 5.69 Å². The first-order chi connectivity index (χ1) is 13.3. The first kappa shape index (κ1) is 20.0. The number of nitrogens with zero attached hydrogens (tertiary/aromatic N) is 2. The number of ether oxygens (including phenoxy) is 1. The van der Waals surface area contributed by atoms with E-state index in [1.807, 2.05) is 27.7 Å². The van der Waals surface area contributed by atoms with Crippen molar-refractivity contribution in [3.05, 3.63) is 46.7 Å². The fourth-order valence-electron chi connectivity index (χ4n) is 2.57. The quantitative estimate of drug-likeness (QED) is 0.635. The van der Waals surface area contributed by atoms with Crippen molar-refractivity contribution in [3.63, 3.8) is 0 Å². The van der Waals surface area contributed by atoms with Crippen molar-refractivity contribution in [2.75, 3.05) is 6.61 Å². The van der Waals surface area contributed by atoms with E-state index < -0.39 is 5.97 Å². The van der Waals surface area contributed by atoms with Crippen molar-refractivity contribution in [1.82, 2.24) is 15.1 Å². The van der Waals surface area contributed by atoms with Gasteiger partial charge in [0.25, 0.3) is 5.91 Å². The van der Waals surface area contributed by atoms with E-state index in [2.05, 4.69) is 10.4 Å². The molecule has 28 heavy (non-hydrogen) atoms. The summed E-state index contributed by atoms with van der Waals surface area (Å²) >= 11 is 1.22. The van der Waals surface area contributed by atoms with E-state index in [1.165, 1.54) is 23.5 Å². The number of thiophene rings is 1. The Morgan fingerprint density at radius 2 is 1.93 bits per heavy atom. The summed E-state index contributed by atoms with van der Waals surface area (Å²) in [7, 11) is 0. The Balaban J connectivity index is 1.75. The van der Waals surface area contributed by atoms with E-state index in [0.29, 0.717) is 16.5 Å². The average Bonchev–Trinajstić information content (AvgIpc) is 3.21. The fraction of sp³-hybridized carbons (Fsp3) is 0.350. The van der Waals surface area contributed by atoms with Gasteiger partial charge in [0.05, 0.1) is 11.4 Å². The van der Waals surface area contributed by atoms with E-state index >= 15 is 0 Å². The summed E-state index contributed by atoms with van der Waals surface area (Å²) in [6.45, 7) is 7.42. The van der Waals surface area contributed by atoms with Crippen LogP contribution < -0.4 is 5.32 Å². The van der Waals surface area contributed by atoms with Gasteiger partial charge < -0.3 is 10.1 Å². The Kier molecular flexibility index (Phi) is 5.79. The summed E-state index contributed by atoms with van der Waals surface area (Å²) in [6, 6.07) is 7.67. The molecule has 0 aliphatic rings. The number of fused-ring (bicyclic) bond motifs is 1. The minimum absolute atomic E-state index is 0.000121. The second-order valence-electron chi connectivity index (χ2n) is 6.98. The van der Waals surface area contributed by atoms with Gasteiger partial charge in [-0.25, -0.2) is 13.9 Å². The summed E-state index contributed by atoms with van der Waals surface area (Å²) in [4.78, 5) is 25.4. The molecule has 0 radical (unpaired) electrons. The van der Waals surface area contributed by atoms with E-state index in [-0.39, 0.29) is 24.4 Å². The molecular weight excluding hydrogens is 381 g/mol. The lowest BCUT2D eigenvalue weighted by Gasteiger charge is -2.17. The number of carbonyl (C=O) groups is 2. The Hall–Kier alpha value is -2.74. The second-order valence-corrected chi connectivity index (χ2v) is 8.01. The number of amides is 1. The van der Waals surface area contributed by atoms with Crippen LogP contribution in [-0.2, 0) is 9.53 Å². The van der Waals surface area contributed by atoms with Crippen molar-refractivity contribution < 1.29 is 18.7 Å². The van der Waals surface area contributed by atoms with Crippen LogP contribution in [0.25, 0.3) is 15.9 Å². The molecule has 3 rings (SSSR count). The zero-order chi connectivity index (χ0) is 20.4. The summed E-state index contributed by atoms with van der Waals surface area (Å²) in [5.41, 5.74) is 1.45. The molecule has 0 spiro atoms.